The predicted octanol–water partition coefficient (Wildman–Crippen LogP) is 6.65. The highest BCUT2D eigenvalue weighted by molar-refractivity contribution is 9.10. The predicted molar refractivity (Wildman–Crippen MR) is 111 cm³/mol. The van der Waals surface area contributed by atoms with Gasteiger partial charge in [-0.2, -0.15) is 0 Å². The van der Waals surface area contributed by atoms with Gasteiger partial charge in [-0.15, -0.1) is 6.58 Å². The fourth-order valence-electron chi connectivity index (χ4n) is 4.50. The molecule has 1 fully saturated rings. The number of allylic oxidation sites excluding steroid dienone is 1. The van der Waals surface area contributed by atoms with E-state index in [-0.39, 0.29) is 11.2 Å². The molecule has 1 saturated heterocycles. The van der Waals surface area contributed by atoms with E-state index in [4.69, 9.17) is 0 Å². The lowest BCUT2D eigenvalue weighted by atomic mass is 9.68. The van der Waals surface area contributed by atoms with E-state index < -0.39 is 0 Å². The number of hydrogen-bond donors (Lipinski definition) is 0. The molecule has 0 spiro atoms. The molecule has 2 aromatic rings. The Kier molecular flexibility index (Phi) is 5.99. The maximum Gasteiger partial charge on any atom is 0.123 e. The van der Waals surface area contributed by atoms with Crippen LogP contribution in [0.1, 0.15) is 50.3 Å². The third-order valence-electron chi connectivity index (χ3n) is 5.94. The molecule has 0 aliphatic carbocycles. The summed E-state index contributed by atoms with van der Waals surface area (Å²) in [6, 6.07) is 16.5. The van der Waals surface area contributed by atoms with E-state index >= 15 is 0 Å². The fraction of sp³-hybridized carbons (Fsp3) is 0.391. The molecule has 2 unspecified atom stereocenters. The van der Waals surface area contributed by atoms with Gasteiger partial charge in [-0.05, 0) is 75.0 Å². The molecule has 0 aromatic heterocycles. The first kappa shape index (κ1) is 19.3. The Balaban J connectivity index is 1.81. The largest absolute Gasteiger partial charge is 0.294 e. The van der Waals surface area contributed by atoms with Crippen LogP contribution in [-0.2, 0) is 5.41 Å². The average Bonchev–Trinajstić information content (AvgIpc) is 2.63. The lowest BCUT2D eigenvalue weighted by molar-refractivity contribution is 0.0684. The van der Waals surface area contributed by atoms with Crippen molar-refractivity contribution in [2.45, 2.75) is 50.6 Å². The molecule has 1 aliphatic heterocycles. The van der Waals surface area contributed by atoms with Gasteiger partial charge >= 0.3 is 0 Å². The first-order valence-corrected chi connectivity index (χ1v) is 10.1. The van der Waals surface area contributed by atoms with Crippen molar-refractivity contribution in [3.63, 3.8) is 0 Å². The van der Waals surface area contributed by atoms with E-state index in [1.54, 1.807) is 12.1 Å². The molecule has 3 atom stereocenters. The highest BCUT2D eigenvalue weighted by atomic mass is 79.9. The normalized spacial score (nSPS) is 25.0. The molecule has 0 radical (unpaired) electrons. The fourth-order valence-corrected chi connectivity index (χ4v) is 4.77. The molecular formula is C23H27BrFN. The zero-order valence-corrected chi connectivity index (χ0v) is 17.2. The summed E-state index contributed by atoms with van der Waals surface area (Å²) in [5, 5.41) is 0. The summed E-state index contributed by atoms with van der Waals surface area (Å²) >= 11 is 3.52. The van der Waals surface area contributed by atoms with Crippen molar-refractivity contribution in [1.29, 1.82) is 0 Å². The monoisotopic (exact) mass is 415 g/mol. The minimum atomic E-state index is -0.170. The van der Waals surface area contributed by atoms with Crippen LogP contribution in [0.25, 0.3) is 0 Å². The average molecular weight is 416 g/mol. The van der Waals surface area contributed by atoms with E-state index in [0.29, 0.717) is 12.1 Å². The van der Waals surface area contributed by atoms with Gasteiger partial charge < -0.3 is 0 Å². The van der Waals surface area contributed by atoms with Gasteiger partial charge in [-0.1, -0.05) is 46.3 Å². The van der Waals surface area contributed by atoms with Crippen molar-refractivity contribution in [2.75, 3.05) is 6.54 Å². The second-order valence-electron chi connectivity index (χ2n) is 7.55. The summed E-state index contributed by atoms with van der Waals surface area (Å²) in [5.74, 6) is -0.170. The van der Waals surface area contributed by atoms with Gasteiger partial charge in [-0.3, -0.25) is 4.90 Å². The Morgan fingerprint density at radius 1 is 1.23 bits per heavy atom. The van der Waals surface area contributed by atoms with E-state index in [0.717, 1.165) is 30.3 Å². The Hall–Kier alpha value is -1.45. The molecule has 2 aromatic carbocycles. The van der Waals surface area contributed by atoms with Crippen LogP contribution in [0.5, 0.6) is 0 Å². The molecular weight excluding hydrogens is 389 g/mol. The van der Waals surface area contributed by atoms with Gasteiger partial charge in [-0.25, -0.2) is 4.39 Å². The highest BCUT2D eigenvalue weighted by Crippen LogP contribution is 2.43. The number of benzene rings is 2. The molecule has 138 valence electrons. The minimum Gasteiger partial charge on any atom is -0.294 e. The Bertz CT molecular complexity index is 740. The number of nitrogens with zero attached hydrogens (tertiary/aromatic N) is 1. The van der Waals surface area contributed by atoms with Crippen LogP contribution in [0.3, 0.4) is 0 Å². The number of hydrogen-bond acceptors (Lipinski definition) is 1. The van der Waals surface area contributed by atoms with Crippen molar-refractivity contribution < 1.29 is 4.39 Å². The summed E-state index contributed by atoms with van der Waals surface area (Å²) in [6.45, 7) is 9.62. The first-order valence-electron chi connectivity index (χ1n) is 9.33. The summed E-state index contributed by atoms with van der Waals surface area (Å²) in [6.07, 6.45) is 5.08. The van der Waals surface area contributed by atoms with Crippen LogP contribution in [0.15, 0.2) is 65.7 Å². The highest BCUT2D eigenvalue weighted by Gasteiger charge is 2.40. The third kappa shape index (κ3) is 3.94. The number of rotatable bonds is 5. The van der Waals surface area contributed by atoms with Crippen LogP contribution >= 0.6 is 15.9 Å². The van der Waals surface area contributed by atoms with E-state index in [1.165, 1.54) is 11.1 Å². The SMILES string of the molecule is C=CCC1(c2ccc(F)cc2)CCN([C@@H](C)c2ccc(Br)cc2)C(C)C1. The van der Waals surface area contributed by atoms with Crippen LogP contribution in [-0.4, -0.2) is 17.5 Å². The number of piperidine rings is 1. The second kappa shape index (κ2) is 8.06. The molecule has 3 rings (SSSR count). The van der Waals surface area contributed by atoms with E-state index in [1.807, 2.05) is 18.2 Å². The van der Waals surface area contributed by atoms with Gasteiger partial charge in [0.25, 0.3) is 0 Å². The molecule has 0 amide bonds. The van der Waals surface area contributed by atoms with Gasteiger partial charge in [0.15, 0.2) is 0 Å². The quantitative estimate of drug-likeness (QED) is 0.494. The summed E-state index contributed by atoms with van der Waals surface area (Å²) in [4.78, 5) is 2.59. The molecule has 1 heterocycles. The maximum atomic E-state index is 13.4. The van der Waals surface area contributed by atoms with Crippen molar-refractivity contribution in [3.8, 4) is 0 Å². The van der Waals surface area contributed by atoms with Crippen molar-refractivity contribution >= 4 is 15.9 Å². The second-order valence-corrected chi connectivity index (χ2v) is 8.46. The summed E-state index contributed by atoms with van der Waals surface area (Å²) < 4.78 is 14.5. The molecule has 26 heavy (non-hydrogen) atoms. The first-order chi connectivity index (χ1) is 12.4. The minimum absolute atomic E-state index is 0.0603. The molecule has 0 N–H and O–H groups in total. The Labute approximate surface area is 165 Å². The van der Waals surface area contributed by atoms with E-state index in [9.17, 15) is 4.39 Å². The van der Waals surface area contributed by atoms with Gasteiger partial charge in [0.05, 0.1) is 0 Å². The lowest BCUT2D eigenvalue weighted by Crippen LogP contribution is -2.48. The zero-order chi connectivity index (χ0) is 18.7. The number of likely N-dealkylation sites (tertiary alicyclic amines) is 1. The van der Waals surface area contributed by atoms with Crippen LogP contribution in [0.2, 0.25) is 0 Å². The smallest absolute Gasteiger partial charge is 0.123 e. The lowest BCUT2D eigenvalue weighted by Gasteiger charge is -2.48. The van der Waals surface area contributed by atoms with Gasteiger partial charge in [0.1, 0.15) is 5.82 Å². The van der Waals surface area contributed by atoms with Crippen LogP contribution < -0.4 is 0 Å². The zero-order valence-electron chi connectivity index (χ0n) is 15.6. The Morgan fingerprint density at radius 2 is 1.88 bits per heavy atom. The number of halogens is 2. The van der Waals surface area contributed by atoms with Gasteiger partial charge in [0, 0.05) is 22.0 Å². The third-order valence-corrected chi connectivity index (χ3v) is 6.47. The van der Waals surface area contributed by atoms with E-state index in [2.05, 4.69) is 65.5 Å². The Morgan fingerprint density at radius 3 is 2.46 bits per heavy atom. The topological polar surface area (TPSA) is 3.24 Å². The maximum absolute atomic E-state index is 13.4. The van der Waals surface area contributed by atoms with Crippen molar-refractivity contribution in [1.82, 2.24) is 4.90 Å². The molecule has 1 nitrogen and oxygen atoms in total. The molecule has 0 saturated carbocycles. The van der Waals surface area contributed by atoms with Gasteiger partial charge in [0.2, 0.25) is 0 Å². The molecule has 3 heteroatoms. The standard InChI is InChI=1S/C23H27BrFN/c1-4-13-23(20-7-11-22(25)12-8-20)14-15-26(17(2)16-23)18(3)19-5-9-21(24)10-6-19/h4-12,17-18H,1,13-16H2,2-3H3/t17?,18-,23?/m0/s1. The molecule has 0 bridgehead atoms. The van der Waals surface area contributed by atoms with Crippen LogP contribution in [0.4, 0.5) is 4.39 Å². The summed E-state index contributed by atoms with van der Waals surface area (Å²) in [7, 11) is 0. The molecule has 1 aliphatic rings. The van der Waals surface area contributed by atoms with Crippen LogP contribution in [0, 0.1) is 5.82 Å². The van der Waals surface area contributed by atoms with Crippen molar-refractivity contribution in [3.05, 3.63) is 82.6 Å². The van der Waals surface area contributed by atoms with Crippen molar-refractivity contribution in [2.24, 2.45) is 0 Å². The summed E-state index contributed by atoms with van der Waals surface area (Å²) in [5.41, 5.74) is 2.64.